The van der Waals surface area contributed by atoms with Gasteiger partial charge in [0.25, 0.3) is 0 Å². The van der Waals surface area contributed by atoms with Gasteiger partial charge in [-0.05, 0) is 30.5 Å². The van der Waals surface area contributed by atoms with Crippen molar-refractivity contribution in [3.8, 4) is 0 Å². The molecule has 0 unspecified atom stereocenters. The summed E-state index contributed by atoms with van der Waals surface area (Å²) in [5.74, 6) is 0.230. The Bertz CT molecular complexity index is 542. The van der Waals surface area contributed by atoms with E-state index in [1.54, 1.807) is 0 Å². The van der Waals surface area contributed by atoms with E-state index >= 15 is 0 Å². The normalized spacial score (nSPS) is 15.1. The van der Waals surface area contributed by atoms with E-state index < -0.39 is 0 Å². The van der Waals surface area contributed by atoms with Crippen LogP contribution in [-0.2, 0) is 6.42 Å². The Kier molecular flexibility index (Phi) is 1.32. The first-order chi connectivity index (χ1) is 6.77. The van der Waals surface area contributed by atoms with Crippen LogP contribution in [0.25, 0.3) is 11.0 Å². The average molecular weight is 187 g/mol. The molecule has 0 fully saturated rings. The molecule has 0 amide bonds. The minimum absolute atomic E-state index is 0.230. The molecule has 1 aromatic carbocycles. The van der Waals surface area contributed by atoms with Crippen LogP contribution in [0.2, 0.25) is 0 Å². The number of aryl methyl sites for hydroxylation is 2. The second-order valence-corrected chi connectivity index (χ2v) is 3.66. The highest BCUT2D eigenvalue weighted by Gasteiger charge is 2.24. The minimum atomic E-state index is 0.230. The SMILES string of the molecule is Cc1cc2c(c3n[nH]nc13)CCC2=O. The van der Waals surface area contributed by atoms with E-state index in [4.69, 9.17) is 0 Å². The van der Waals surface area contributed by atoms with Crippen LogP contribution in [0.4, 0.5) is 0 Å². The highest BCUT2D eigenvalue weighted by atomic mass is 16.1. The van der Waals surface area contributed by atoms with Crippen LogP contribution in [0, 0.1) is 6.92 Å². The summed E-state index contributed by atoms with van der Waals surface area (Å²) in [6, 6.07) is 1.93. The molecule has 2 aromatic rings. The molecule has 3 rings (SSSR count). The zero-order valence-corrected chi connectivity index (χ0v) is 7.79. The van der Waals surface area contributed by atoms with E-state index in [2.05, 4.69) is 15.4 Å². The minimum Gasteiger partial charge on any atom is -0.294 e. The summed E-state index contributed by atoms with van der Waals surface area (Å²) in [7, 11) is 0. The maximum Gasteiger partial charge on any atom is 0.163 e. The van der Waals surface area contributed by atoms with Crippen molar-refractivity contribution in [2.24, 2.45) is 0 Å². The smallest absolute Gasteiger partial charge is 0.163 e. The number of hydrogen-bond donors (Lipinski definition) is 1. The van der Waals surface area contributed by atoms with Crippen molar-refractivity contribution in [3.05, 3.63) is 22.8 Å². The third-order valence-corrected chi connectivity index (χ3v) is 2.80. The van der Waals surface area contributed by atoms with E-state index in [-0.39, 0.29) is 5.78 Å². The first-order valence-electron chi connectivity index (χ1n) is 4.63. The van der Waals surface area contributed by atoms with Crippen molar-refractivity contribution in [2.75, 3.05) is 0 Å². The number of aromatic nitrogens is 3. The lowest BCUT2D eigenvalue weighted by Crippen LogP contribution is -1.93. The Morgan fingerprint density at radius 1 is 1.29 bits per heavy atom. The maximum atomic E-state index is 11.5. The summed E-state index contributed by atoms with van der Waals surface area (Å²) < 4.78 is 0. The van der Waals surface area contributed by atoms with Crippen LogP contribution in [0.5, 0.6) is 0 Å². The average Bonchev–Trinajstić information content (AvgIpc) is 2.74. The van der Waals surface area contributed by atoms with Gasteiger partial charge in [0.05, 0.1) is 0 Å². The van der Waals surface area contributed by atoms with Crippen LogP contribution in [0.3, 0.4) is 0 Å². The summed E-state index contributed by atoms with van der Waals surface area (Å²) in [4.78, 5) is 11.5. The van der Waals surface area contributed by atoms with Gasteiger partial charge in [-0.25, -0.2) is 0 Å². The van der Waals surface area contributed by atoms with E-state index in [1.165, 1.54) is 0 Å². The molecule has 70 valence electrons. The third kappa shape index (κ3) is 0.801. The Morgan fingerprint density at radius 3 is 2.93 bits per heavy atom. The van der Waals surface area contributed by atoms with Gasteiger partial charge in [-0.3, -0.25) is 4.79 Å². The van der Waals surface area contributed by atoms with Crippen molar-refractivity contribution < 1.29 is 4.79 Å². The Balaban J connectivity index is 2.49. The molecule has 0 aliphatic heterocycles. The molecule has 0 saturated carbocycles. The fraction of sp³-hybridized carbons (Fsp3) is 0.300. The number of carbonyl (C=O) groups excluding carboxylic acids is 1. The molecule has 4 heteroatoms. The molecule has 0 saturated heterocycles. The lowest BCUT2D eigenvalue weighted by atomic mass is 10.0. The molecular weight excluding hydrogens is 178 g/mol. The molecule has 0 spiro atoms. The van der Waals surface area contributed by atoms with Gasteiger partial charge in [-0.1, -0.05) is 0 Å². The van der Waals surface area contributed by atoms with Gasteiger partial charge < -0.3 is 0 Å². The first-order valence-corrected chi connectivity index (χ1v) is 4.63. The van der Waals surface area contributed by atoms with Crippen molar-refractivity contribution in [3.63, 3.8) is 0 Å². The summed E-state index contributed by atoms with van der Waals surface area (Å²) in [6.45, 7) is 1.96. The van der Waals surface area contributed by atoms with Crippen LogP contribution >= 0.6 is 0 Å². The second kappa shape index (κ2) is 2.41. The van der Waals surface area contributed by atoms with Gasteiger partial charge in [0.1, 0.15) is 11.0 Å². The fourth-order valence-corrected chi connectivity index (χ4v) is 2.09. The molecule has 1 aromatic heterocycles. The van der Waals surface area contributed by atoms with Crippen molar-refractivity contribution in [2.45, 2.75) is 19.8 Å². The van der Waals surface area contributed by atoms with Gasteiger partial charge in [-0.15, -0.1) is 0 Å². The lowest BCUT2D eigenvalue weighted by molar-refractivity contribution is 0.0994. The highest BCUT2D eigenvalue weighted by Crippen LogP contribution is 2.29. The second-order valence-electron chi connectivity index (χ2n) is 3.66. The summed E-state index contributed by atoms with van der Waals surface area (Å²) in [5, 5.41) is 10.8. The zero-order chi connectivity index (χ0) is 9.71. The topological polar surface area (TPSA) is 58.6 Å². The number of hydrogen-bond acceptors (Lipinski definition) is 3. The Hall–Kier alpha value is -1.71. The number of aromatic amines is 1. The number of carbonyl (C=O) groups is 1. The monoisotopic (exact) mass is 187 g/mol. The van der Waals surface area contributed by atoms with Crippen molar-refractivity contribution in [1.82, 2.24) is 15.4 Å². The third-order valence-electron chi connectivity index (χ3n) is 2.80. The number of rotatable bonds is 0. The molecular formula is C10H9N3O. The van der Waals surface area contributed by atoms with E-state index in [0.29, 0.717) is 6.42 Å². The standard InChI is InChI=1S/C10H9N3O/c1-5-4-7-6(2-3-8(7)14)10-9(5)11-13-12-10/h4H,2-3H2,1H3,(H,11,12,13). The van der Waals surface area contributed by atoms with Crippen molar-refractivity contribution in [1.29, 1.82) is 0 Å². The Labute approximate surface area is 80.3 Å². The van der Waals surface area contributed by atoms with E-state index in [1.807, 2.05) is 13.0 Å². The van der Waals surface area contributed by atoms with E-state index in [0.717, 1.165) is 34.1 Å². The fourth-order valence-electron chi connectivity index (χ4n) is 2.09. The number of benzene rings is 1. The molecule has 14 heavy (non-hydrogen) atoms. The number of nitrogens with one attached hydrogen (secondary N) is 1. The van der Waals surface area contributed by atoms with Crippen molar-refractivity contribution >= 4 is 16.8 Å². The van der Waals surface area contributed by atoms with Crippen LogP contribution in [0.1, 0.15) is 27.9 Å². The number of H-pyrrole nitrogens is 1. The first kappa shape index (κ1) is 7.67. The largest absolute Gasteiger partial charge is 0.294 e. The molecule has 0 bridgehead atoms. The summed E-state index contributed by atoms with van der Waals surface area (Å²) >= 11 is 0. The molecule has 1 heterocycles. The van der Waals surface area contributed by atoms with Crippen LogP contribution in [-0.4, -0.2) is 21.2 Å². The van der Waals surface area contributed by atoms with Gasteiger partial charge in [0, 0.05) is 12.0 Å². The quantitative estimate of drug-likeness (QED) is 0.678. The molecule has 1 aliphatic rings. The highest BCUT2D eigenvalue weighted by molar-refractivity contribution is 6.05. The predicted octanol–water partition coefficient (Wildman–Crippen LogP) is 1.40. The summed E-state index contributed by atoms with van der Waals surface area (Å²) in [6.07, 6.45) is 1.41. The predicted molar refractivity (Wildman–Crippen MR) is 51.3 cm³/mol. The zero-order valence-electron chi connectivity index (χ0n) is 7.79. The van der Waals surface area contributed by atoms with Gasteiger partial charge >= 0.3 is 0 Å². The van der Waals surface area contributed by atoms with Crippen LogP contribution < -0.4 is 0 Å². The molecule has 0 atom stereocenters. The van der Waals surface area contributed by atoms with Gasteiger partial charge in [0.15, 0.2) is 5.78 Å². The lowest BCUT2D eigenvalue weighted by Gasteiger charge is -2.00. The molecule has 4 nitrogen and oxygen atoms in total. The van der Waals surface area contributed by atoms with E-state index in [9.17, 15) is 4.79 Å². The molecule has 0 radical (unpaired) electrons. The van der Waals surface area contributed by atoms with Gasteiger partial charge in [0.2, 0.25) is 0 Å². The Morgan fingerprint density at radius 2 is 2.07 bits per heavy atom. The van der Waals surface area contributed by atoms with Crippen LogP contribution in [0.15, 0.2) is 6.07 Å². The number of nitrogens with zero attached hydrogens (tertiary/aromatic N) is 2. The molecule has 1 N–H and O–H groups in total. The number of ketones is 1. The summed E-state index contributed by atoms with van der Waals surface area (Å²) in [5.41, 5.74) is 4.67. The molecule has 1 aliphatic carbocycles. The van der Waals surface area contributed by atoms with Gasteiger partial charge in [-0.2, -0.15) is 15.4 Å². The number of Topliss-reactive ketones (excluding diaryl/α,β-unsaturated/α-hetero) is 1. The number of fused-ring (bicyclic) bond motifs is 3. The maximum absolute atomic E-state index is 11.5.